The van der Waals surface area contributed by atoms with Gasteiger partial charge in [-0.2, -0.15) is 0 Å². The molecule has 0 unspecified atom stereocenters. The number of benzene rings is 9. The van der Waals surface area contributed by atoms with E-state index in [0.717, 1.165) is 72.0 Å². The second-order valence-electron chi connectivity index (χ2n) is 15.5. The van der Waals surface area contributed by atoms with Crippen LogP contribution in [0.2, 0.25) is 0 Å². The number of hydrogen-bond acceptors (Lipinski definition) is 2. The lowest BCUT2D eigenvalue weighted by atomic mass is 9.97. The standard InChI is InChI=1S/C55H33N3O/c1-2-17-40-34(14-1)28-29-46-52-45-22-7-12-27-51(45)59-55(52)53(56-54(40)46)36-16-13-15-35(30-36)37-31-38(57-47-23-8-3-18-41(47)42-19-4-9-24-48(42)57)33-39(32-37)58-49-25-10-5-20-43(49)44-21-6-11-26-50(44)58/h1-33H. The van der Waals surface area contributed by atoms with Crippen LogP contribution in [0.15, 0.2) is 205 Å². The molecule has 13 rings (SSSR count). The Labute approximate surface area is 338 Å². The van der Waals surface area contributed by atoms with Gasteiger partial charge in [0.2, 0.25) is 0 Å². The van der Waals surface area contributed by atoms with Crippen molar-refractivity contribution >= 4 is 87.2 Å². The molecule has 0 N–H and O–H groups in total. The van der Waals surface area contributed by atoms with E-state index in [4.69, 9.17) is 9.40 Å². The van der Waals surface area contributed by atoms with Gasteiger partial charge < -0.3 is 13.6 Å². The molecule has 0 fully saturated rings. The Hall–Kier alpha value is -7.95. The van der Waals surface area contributed by atoms with E-state index in [1.807, 2.05) is 6.07 Å². The van der Waals surface area contributed by atoms with Crippen molar-refractivity contribution in [1.82, 2.24) is 14.1 Å². The fourth-order valence-electron chi connectivity index (χ4n) is 9.68. The number of nitrogens with zero attached hydrogens (tertiary/aromatic N) is 3. The molecule has 0 atom stereocenters. The van der Waals surface area contributed by atoms with Gasteiger partial charge in [0.05, 0.1) is 27.6 Å². The molecule has 13 aromatic rings. The minimum atomic E-state index is 0.802. The van der Waals surface area contributed by atoms with Crippen LogP contribution in [0.25, 0.3) is 121 Å². The molecule has 274 valence electrons. The van der Waals surface area contributed by atoms with E-state index in [0.29, 0.717) is 0 Å². The number of furan rings is 1. The minimum Gasteiger partial charge on any atom is -0.454 e. The lowest BCUT2D eigenvalue weighted by molar-refractivity contribution is 0.669. The summed E-state index contributed by atoms with van der Waals surface area (Å²) in [6.07, 6.45) is 0. The second-order valence-corrected chi connectivity index (χ2v) is 15.5. The van der Waals surface area contributed by atoms with E-state index in [-0.39, 0.29) is 0 Å². The SMILES string of the molecule is c1cc(-c2cc(-n3c4ccccc4c4ccccc43)cc(-n3c4ccccc4c4ccccc43)c2)cc(-c2nc3c4ccccc4ccc3c3c2oc2ccccc23)c1. The summed E-state index contributed by atoms with van der Waals surface area (Å²) in [6, 6.07) is 72.0. The largest absolute Gasteiger partial charge is 0.454 e. The summed E-state index contributed by atoms with van der Waals surface area (Å²) in [7, 11) is 0. The predicted octanol–water partition coefficient (Wildman–Crippen LogP) is 14.8. The number of rotatable bonds is 4. The number of para-hydroxylation sites is 5. The van der Waals surface area contributed by atoms with Crippen molar-refractivity contribution < 1.29 is 4.42 Å². The highest BCUT2D eigenvalue weighted by Gasteiger charge is 2.21. The molecule has 4 heterocycles. The van der Waals surface area contributed by atoms with Crippen LogP contribution in [0.5, 0.6) is 0 Å². The number of pyridine rings is 1. The first kappa shape index (κ1) is 32.2. The summed E-state index contributed by atoms with van der Waals surface area (Å²) >= 11 is 0. The summed E-state index contributed by atoms with van der Waals surface area (Å²) in [4.78, 5) is 5.48. The maximum atomic E-state index is 6.73. The quantitative estimate of drug-likeness (QED) is 0.168. The number of hydrogen-bond donors (Lipinski definition) is 0. The highest BCUT2D eigenvalue weighted by atomic mass is 16.3. The van der Waals surface area contributed by atoms with Crippen LogP contribution in [-0.4, -0.2) is 14.1 Å². The Bertz CT molecular complexity index is 3620. The van der Waals surface area contributed by atoms with Crippen molar-refractivity contribution in [2.45, 2.75) is 0 Å². The van der Waals surface area contributed by atoms with E-state index >= 15 is 0 Å². The van der Waals surface area contributed by atoms with Crippen molar-refractivity contribution in [3.63, 3.8) is 0 Å². The summed E-state index contributed by atoms with van der Waals surface area (Å²) in [5, 5.41) is 10.5. The molecule has 4 heteroatoms. The van der Waals surface area contributed by atoms with Crippen LogP contribution in [0.4, 0.5) is 0 Å². The molecule has 0 bridgehead atoms. The molecular formula is C55H33N3O. The van der Waals surface area contributed by atoms with Gasteiger partial charge in [-0.05, 0) is 71.1 Å². The van der Waals surface area contributed by atoms with Crippen molar-refractivity contribution in [3.8, 4) is 33.8 Å². The third-order valence-electron chi connectivity index (χ3n) is 12.3. The predicted molar refractivity (Wildman–Crippen MR) is 246 cm³/mol. The molecule has 59 heavy (non-hydrogen) atoms. The molecule has 4 aromatic heterocycles. The van der Waals surface area contributed by atoms with Crippen LogP contribution in [0.1, 0.15) is 0 Å². The van der Waals surface area contributed by atoms with Crippen molar-refractivity contribution in [2.24, 2.45) is 0 Å². The zero-order chi connectivity index (χ0) is 38.6. The lowest BCUT2D eigenvalue weighted by Gasteiger charge is -2.16. The van der Waals surface area contributed by atoms with Crippen molar-refractivity contribution in [3.05, 3.63) is 200 Å². The first-order valence-corrected chi connectivity index (χ1v) is 20.1. The van der Waals surface area contributed by atoms with Crippen molar-refractivity contribution in [1.29, 1.82) is 0 Å². The van der Waals surface area contributed by atoms with Gasteiger partial charge in [-0.15, -0.1) is 0 Å². The molecule has 0 aliphatic carbocycles. The Balaban J connectivity index is 1.10. The Morgan fingerprint density at radius 1 is 0.356 bits per heavy atom. The van der Waals surface area contributed by atoms with Crippen LogP contribution < -0.4 is 0 Å². The van der Waals surface area contributed by atoms with Crippen LogP contribution in [0, 0.1) is 0 Å². The fraction of sp³-hybridized carbons (Fsp3) is 0. The molecule has 4 nitrogen and oxygen atoms in total. The summed E-state index contributed by atoms with van der Waals surface area (Å²) in [5.41, 5.74) is 13.6. The summed E-state index contributed by atoms with van der Waals surface area (Å²) in [6.45, 7) is 0. The van der Waals surface area contributed by atoms with Gasteiger partial charge in [-0.25, -0.2) is 4.98 Å². The highest BCUT2D eigenvalue weighted by Crippen LogP contribution is 2.43. The Morgan fingerprint density at radius 3 is 1.47 bits per heavy atom. The molecule has 0 radical (unpaired) electrons. The number of aromatic nitrogens is 3. The van der Waals surface area contributed by atoms with Gasteiger partial charge in [0.1, 0.15) is 11.3 Å². The van der Waals surface area contributed by atoms with E-state index in [9.17, 15) is 0 Å². The van der Waals surface area contributed by atoms with Gasteiger partial charge in [-0.1, -0.05) is 146 Å². The molecule has 9 aromatic carbocycles. The molecule has 0 amide bonds. The lowest BCUT2D eigenvalue weighted by Crippen LogP contribution is -2.00. The monoisotopic (exact) mass is 751 g/mol. The minimum absolute atomic E-state index is 0.802. The van der Waals surface area contributed by atoms with Gasteiger partial charge >= 0.3 is 0 Å². The van der Waals surface area contributed by atoms with E-state index in [1.54, 1.807) is 0 Å². The summed E-state index contributed by atoms with van der Waals surface area (Å²) in [5.74, 6) is 0. The van der Waals surface area contributed by atoms with Crippen LogP contribution >= 0.6 is 0 Å². The van der Waals surface area contributed by atoms with Crippen LogP contribution in [-0.2, 0) is 0 Å². The van der Waals surface area contributed by atoms with E-state index in [2.05, 4.69) is 203 Å². The summed E-state index contributed by atoms with van der Waals surface area (Å²) < 4.78 is 11.6. The molecule has 0 aliphatic heterocycles. The average Bonchev–Trinajstić information content (AvgIpc) is 3.97. The molecule has 0 saturated carbocycles. The van der Waals surface area contributed by atoms with Gasteiger partial charge in [0.15, 0.2) is 5.58 Å². The molecule has 0 spiro atoms. The third kappa shape index (κ3) is 4.69. The zero-order valence-electron chi connectivity index (χ0n) is 31.8. The fourth-order valence-corrected chi connectivity index (χ4v) is 9.68. The van der Waals surface area contributed by atoms with Gasteiger partial charge in [0.25, 0.3) is 0 Å². The molecular weight excluding hydrogens is 719 g/mol. The smallest absolute Gasteiger partial charge is 0.162 e. The van der Waals surface area contributed by atoms with Gasteiger partial charge in [-0.3, -0.25) is 0 Å². The second kappa shape index (κ2) is 12.3. The zero-order valence-corrected chi connectivity index (χ0v) is 31.8. The highest BCUT2D eigenvalue weighted by molar-refractivity contribution is 6.24. The average molecular weight is 752 g/mol. The normalized spacial score (nSPS) is 12.1. The van der Waals surface area contributed by atoms with Gasteiger partial charge in [0, 0.05) is 60.0 Å². The molecule has 0 aliphatic rings. The Morgan fingerprint density at radius 2 is 0.864 bits per heavy atom. The number of fused-ring (bicyclic) bond motifs is 13. The van der Waals surface area contributed by atoms with Crippen LogP contribution in [0.3, 0.4) is 0 Å². The van der Waals surface area contributed by atoms with E-state index in [1.165, 1.54) is 49.0 Å². The topological polar surface area (TPSA) is 35.9 Å². The first-order chi connectivity index (χ1) is 29.3. The maximum absolute atomic E-state index is 6.73. The maximum Gasteiger partial charge on any atom is 0.162 e. The Kier molecular flexibility index (Phi) is 6.69. The molecule has 0 saturated heterocycles. The van der Waals surface area contributed by atoms with E-state index < -0.39 is 0 Å². The van der Waals surface area contributed by atoms with Crippen molar-refractivity contribution in [2.75, 3.05) is 0 Å². The first-order valence-electron chi connectivity index (χ1n) is 20.1. The third-order valence-corrected chi connectivity index (χ3v) is 12.3.